The average Bonchev–Trinajstić information content (AvgIpc) is 2.29. The highest BCUT2D eigenvalue weighted by Gasteiger charge is 2.33. The largest absolute Gasteiger partial charge is 0.392 e. The number of nitrogens with two attached hydrogens (primary N) is 1. The number of piperazine rings is 1. The molecule has 0 aromatic rings. The monoisotopic (exact) mass is 275 g/mol. The SMILES string of the molecule is CSCC(=O)N1CCN(C(C)(C)C(N)=S)CC1. The van der Waals surface area contributed by atoms with Crippen LogP contribution in [0, 0.1) is 0 Å². The molecule has 0 aromatic heterocycles. The van der Waals surface area contributed by atoms with E-state index in [0.717, 1.165) is 26.2 Å². The summed E-state index contributed by atoms with van der Waals surface area (Å²) in [6.07, 6.45) is 1.95. The highest BCUT2D eigenvalue weighted by Crippen LogP contribution is 2.17. The number of carbonyl (C=O) groups is 1. The summed E-state index contributed by atoms with van der Waals surface area (Å²) in [5, 5.41) is 0. The quantitative estimate of drug-likeness (QED) is 0.760. The number of rotatable bonds is 4. The van der Waals surface area contributed by atoms with Gasteiger partial charge in [0.1, 0.15) is 0 Å². The standard InChI is InChI=1S/C11H21N3OS2/c1-11(2,10(12)16)14-6-4-13(5-7-14)9(15)8-17-3/h4-8H2,1-3H3,(H2,12,16). The first-order valence-electron chi connectivity index (χ1n) is 5.71. The van der Waals surface area contributed by atoms with E-state index in [1.807, 2.05) is 25.0 Å². The van der Waals surface area contributed by atoms with E-state index in [2.05, 4.69) is 4.90 Å². The van der Waals surface area contributed by atoms with Crippen LogP contribution in [0.3, 0.4) is 0 Å². The van der Waals surface area contributed by atoms with E-state index >= 15 is 0 Å². The summed E-state index contributed by atoms with van der Waals surface area (Å²) in [7, 11) is 0. The Morgan fingerprint density at radius 1 is 1.35 bits per heavy atom. The molecule has 0 unspecified atom stereocenters. The van der Waals surface area contributed by atoms with Crippen molar-refractivity contribution in [2.24, 2.45) is 5.73 Å². The first-order valence-corrected chi connectivity index (χ1v) is 7.51. The van der Waals surface area contributed by atoms with Gasteiger partial charge in [-0.3, -0.25) is 9.69 Å². The molecular weight excluding hydrogens is 254 g/mol. The fraction of sp³-hybridized carbons (Fsp3) is 0.818. The Morgan fingerprint density at radius 3 is 2.29 bits per heavy atom. The number of amides is 1. The van der Waals surface area contributed by atoms with Crippen molar-refractivity contribution >= 4 is 34.9 Å². The maximum Gasteiger partial charge on any atom is 0.232 e. The molecule has 4 nitrogen and oxygen atoms in total. The Bertz CT molecular complexity index is 299. The fourth-order valence-corrected chi connectivity index (χ4v) is 2.44. The zero-order valence-electron chi connectivity index (χ0n) is 10.7. The lowest BCUT2D eigenvalue weighted by molar-refractivity contribution is -0.130. The lowest BCUT2D eigenvalue weighted by atomic mass is 10.0. The second kappa shape index (κ2) is 6.02. The second-order valence-electron chi connectivity index (χ2n) is 4.72. The Balaban J connectivity index is 2.51. The van der Waals surface area contributed by atoms with Crippen molar-refractivity contribution in [2.45, 2.75) is 19.4 Å². The average molecular weight is 275 g/mol. The second-order valence-corrected chi connectivity index (χ2v) is 6.03. The third-order valence-electron chi connectivity index (χ3n) is 3.29. The van der Waals surface area contributed by atoms with Gasteiger partial charge in [0.05, 0.1) is 16.3 Å². The summed E-state index contributed by atoms with van der Waals surface area (Å²) in [6, 6.07) is 0. The third kappa shape index (κ3) is 3.56. The van der Waals surface area contributed by atoms with Crippen LogP contribution in [0.2, 0.25) is 0 Å². The maximum absolute atomic E-state index is 11.7. The number of nitrogens with zero attached hydrogens (tertiary/aromatic N) is 2. The molecule has 1 amide bonds. The van der Waals surface area contributed by atoms with Crippen molar-refractivity contribution in [3.8, 4) is 0 Å². The van der Waals surface area contributed by atoms with Crippen LogP contribution in [0.15, 0.2) is 0 Å². The minimum absolute atomic E-state index is 0.227. The number of thiocarbonyl (C=S) groups is 1. The molecule has 1 fully saturated rings. The first kappa shape index (κ1) is 14.7. The van der Waals surface area contributed by atoms with E-state index in [1.54, 1.807) is 11.8 Å². The van der Waals surface area contributed by atoms with Crippen LogP contribution in [-0.4, -0.2) is 64.4 Å². The molecule has 0 bridgehead atoms. The molecule has 0 aliphatic carbocycles. The van der Waals surface area contributed by atoms with Gasteiger partial charge in [0.2, 0.25) is 5.91 Å². The van der Waals surface area contributed by atoms with Crippen LogP contribution in [0.25, 0.3) is 0 Å². The Hall–Kier alpha value is -0.330. The van der Waals surface area contributed by atoms with Gasteiger partial charge in [-0.1, -0.05) is 12.2 Å². The van der Waals surface area contributed by atoms with Crippen molar-refractivity contribution in [3.63, 3.8) is 0 Å². The normalized spacial score (nSPS) is 18.2. The molecule has 1 saturated heterocycles. The van der Waals surface area contributed by atoms with Gasteiger partial charge in [-0.25, -0.2) is 0 Å². The molecule has 0 saturated carbocycles. The van der Waals surface area contributed by atoms with Crippen LogP contribution in [0.1, 0.15) is 13.8 Å². The van der Waals surface area contributed by atoms with Crippen LogP contribution in [-0.2, 0) is 4.79 Å². The molecule has 0 atom stereocenters. The predicted octanol–water partition coefficient (Wildman–Crippen LogP) is 0.558. The first-order chi connectivity index (χ1) is 7.89. The molecule has 1 heterocycles. The van der Waals surface area contributed by atoms with Crippen molar-refractivity contribution in [3.05, 3.63) is 0 Å². The van der Waals surface area contributed by atoms with Gasteiger partial charge in [-0.2, -0.15) is 11.8 Å². The molecule has 6 heteroatoms. The smallest absolute Gasteiger partial charge is 0.232 e. The van der Waals surface area contributed by atoms with E-state index in [1.165, 1.54) is 0 Å². The summed E-state index contributed by atoms with van der Waals surface area (Å²) in [4.78, 5) is 16.4. The summed E-state index contributed by atoms with van der Waals surface area (Å²) in [6.45, 7) is 7.29. The fourth-order valence-electron chi connectivity index (χ4n) is 1.89. The summed E-state index contributed by atoms with van der Waals surface area (Å²) < 4.78 is 0. The molecule has 2 N–H and O–H groups in total. The molecular formula is C11H21N3OS2. The Labute approximate surface area is 113 Å². The van der Waals surface area contributed by atoms with E-state index < -0.39 is 0 Å². The molecule has 0 aromatic carbocycles. The van der Waals surface area contributed by atoms with Gasteiger partial charge in [-0.05, 0) is 20.1 Å². The minimum Gasteiger partial charge on any atom is -0.392 e. The van der Waals surface area contributed by atoms with Gasteiger partial charge in [-0.15, -0.1) is 0 Å². The predicted molar refractivity (Wildman–Crippen MR) is 77.4 cm³/mol. The summed E-state index contributed by atoms with van der Waals surface area (Å²) >= 11 is 6.66. The zero-order chi connectivity index (χ0) is 13.1. The van der Waals surface area contributed by atoms with E-state index in [-0.39, 0.29) is 11.4 Å². The van der Waals surface area contributed by atoms with Crippen molar-refractivity contribution < 1.29 is 4.79 Å². The molecule has 0 radical (unpaired) electrons. The highest BCUT2D eigenvalue weighted by atomic mass is 32.2. The number of hydrogen-bond donors (Lipinski definition) is 1. The van der Waals surface area contributed by atoms with Gasteiger partial charge >= 0.3 is 0 Å². The lowest BCUT2D eigenvalue weighted by Crippen LogP contribution is -2.60. The van der Waals surface area contributed by atoms with Gasteiger partial charge in [0.15, 0.2) is 0 Å². The van der Waals surface area contributed by atoms with Crippen LogP contribution in [0.5, 0.6) is 0 Å². The molecule has 0 spiro atoms. The van der Waals surface area contributed by atoms with Gasteiger partial charge in [0.25, 0.3) is 0 Å². The lowest BCUT2D eigenvalue weighted by Gasteiger charge is -2.43. The number of thioether (sulfide) groups is 1. The van der Waals surface area contributed by atoms with Crippen LogP contribution >= 0.6 is 24.0 Å². The molecule has 98 valence electrons. The summed E-state index contributed by atoms with van der Waals surface area (Å²) in [5.41, 5.74) is 5.49. The molecule has 17 heavy (non-hydrogen) atoms. The third-order valence-corrected chi connectivity index (χ3v) is 4.33. The number of carbonyl (C=O) groups excluding carboxylic acids is 1. The highest BCUT2D eigenvalue weighted by molar-refractivity contribution is 7.99. The van der Waals surface area contributed by atoms with Crippen LogP contribution in [0.4, 0.5) is 0 Å². The van der Waals surface area contributed by atoms with E-state index in [4.69, 9.17) is 18.0 Å². The molecule has 1 rings (SSSR count). The van der Waals surface area contributed by atoms with Crippen LogP contribution < -0.4 is 5.73 Å². The van der Waals surface area contributed by atoms with Gasteiger partial charge < -0.3 is 10.6 Å². The van der Waals surface area contributed by atoms with Crippen molar-refractivity contribution in [2.75, 3.05) is 38.2 Å². The topological polar surface area (TPSA) is 49.6 Å². The Kier molecular flexibility index (Phi) is 5.22. The molecule has 1 aliphatic rings. The van der Waals surface area contributed by atoms with Crippen molar-refractivity contribution in [1.82, 2.24) is 9.80 Å². The molecule has 1 aliphatic heterocycles. The number of hydrogen-bond acceptors (Lipinski definition) is 4. The Morgan fingerprint density at radius 2 is 1.88 bits per heavy atom. The van der Waals surface area contributed by atoms with E-state index in [0.29, 0.717) is 10.7 Å². The zero-order valence-corrected chi connectivity index (χ0v) is 12.4. The van der Waals surface area contributed by atoms with Crippen molar-refractivity contribution in [1.29, 1.82) is 0 Å². The van der Waals surface area contributed by atoms with Gasteiger partial charge in [0, 0.05) is 26.2 Å². The van der Waals surface area contributed by atoms with E-state index in [9.17, 15) is 4.79 Å². The maximum atomic E-state index is 11.7. The summed E-state index contributed by atoms with van der Waals surface area (Å²) in [5.74, 6) is 0.795. The minimum atomic E-state index is -0.260.